The zero-order chi connectivity index (χ0) is 20.0. The van der Waals surface area contributed by atoms with Crippen molar-refractivity contribution in [1.82, 2.24) is 14.4 Å². The SMILES string of the molecule is Cc1cccc(OCc2nc(CCN(C)S(=O)(=O)Cc3ccccc3)no2)c1. The van der Waals surface area contributed by atoms with Gasteiger partial charge in [0.15, 0.2) is 12.4 Å². The van der Waals surface area contributed by atoms with Gasteiger partial charge >= 0.3 is 0 Å². The molecule has 0 aliphatic carbocycles. The van der Waals surface area contributed by atoms with Crippen LogP contribution in [-0.4, -0.2) is 36.5 Å². The van der Waals surface area contributed by atoms with Crippen molar-refractivity contribution in [3.05, 3.63) is 77.4 Å². The van der Waals surface area contributed by atoms with Gasteiger partial charge < -0.3 is 9.26 Å². The van der Waals surface area contributed by atoms with E-state index in [9.17, 15) is 8.42 Å². The smallest absolute Gasteiger partial charge is 0.264 e. The number of benzene rings is 2. The van der Waals surface area contributed by atoms with Gasteiger partial charge in [-0.15, -0.1) is 0 Å². The normalized spacial score (nSPS) is 11.7. The highest BCUT2D eigenvalue weighted by Gasteiger charge is 2.19. The van der Waals surface area contributed by atoms with E-state index in [1.54, 1.807) is 19.2 Å². The molecule has 0 N–H and O–H groups in total. The van der Waals surface area contributed by atoms with Crippen molar-refractivity contribution in [2.45, 2.75) is 25.7 Å². The van der Waals surface area contributed by atoms with Crippen molar-refractivity contribution in [3.8, 4) is 5.75 Å². The second-order valence-electron chi connectivity index (χ2n) is 6.52. The van der Waals surface area contributed by atoms with Crippen molar-refractivity contribution in [2.24, 2.45) is 0 Å². The Kier molecular flexibility index (Phi) is 6.43. The number of aryl methyl sites for hydroxylation is 1. The van der Waals surface area contributed by atoms with Crippen LogP contribution < -0.4 is 4.74 Å². The van der Waals surface area contributed by atoms with Gasteiger partial charge in [-0.2, -0.15) is 4.98 Å². The van der Waals surface area contributed by atoms with Crippen molar-refractivity contribution < 1.29 is 17.7 Å². The fourth-order valence-electron chi connectivity index (χ4n) is 2.59. The molecule has 3 rings (SSSR count). The van der Waals surface area contributed by atoms with Crippen LogP contribution in [0.25, 0.3) is 0 Å². The topological polar surface area (TPSA) is 85.5 Å². The van der Waals surface area contributed by atoms with E-state index in [1.807, 2.05) is 49.4 Å². The predicted octanol–water partition coefficient (Wildman–Crippen LogP) is 2.96. The van der Waals surface area contributed by atoms with Gasteiger partial charge in [0.05, 0.1) is 5.75 Å². The van der Waals surface area contributed by atoms with Gasteiger partial charge in [-0.1, -0.05) is 47.6 Å². The molecule has 3 aromatic rings. The van der Waals surface area contributed by atoms with Gasteiger partial charge in [0.1, 0.15) is 5.75 Å². The van der Waals surface area contributed by atoms with Crippen molar-refractivity contribution in [1.29, 1.82) is 0 Å². The van der Waals surface area contributed by atoms with E-state index in [4.69, 9.17) is 9.26 Å². The molecule has 0 saturated carbocycles. The van der Waals surface area contributed by atoms with Crippen LogP contribution in [0.2, 0.25) is 0 Å². The molecule has 7 nitrogen and oxygen atoms in total. The van der Waals surface area contributed by atoms with E-state index in [2.05, 4.69) is 10.1 Å². The molecule has 0 fully saturated rings. The Bertz CT molecular complexity index is 1000. The molecule has 0 unspecified atom stereocenters. The molecule has 0 radical (unpaired) electrons. The Hall–Kier alpha value is -2.71. The summed E-state index contributed by atoms with van der Waals surface area (Å²) in [5.41, 5.74) is 1.85. The van der Waals surface area contributed by atoms with Gasteiger partial charge in [0.25, 0.3) is 5.89 Å². The molecule has 0 spiro atoms. The largest absolute Gasteiger partial charge is 0.484 e. The fraction of sp³-hybridized carbons (Fsp3) is 0.300. The molecule has 1 aromatic heterocycles. The van der Waals surface area contributed by atoms with Crippen LogP contribution in [0.5, 0.6) is 5.75 Å². The number of hydrogen-bond acceptors (Lipinski definition) is 6. The lowest BCUT2D eigenvalue weighted by atomic mass is 10.2. The number of rotatable bonds is 9. The first-order chi connectivity index (χ1) is 13.4. The lowest BCUT2D eigenvalue weighted by Gasteiger charge is -2.16. The molecule has 0 saturated heterocycles. The third-order valence-electron chi connectivity index (χ3n) is 4.18. The minimum Gasteiger partial charge on any atom is -0.484 e. The average Bonchev–Trinajstić information content (AvgIpc) is 3.13. The molecule has 2 aromatic carbocycles. The molecule has 1 heterocycles. The summed E-state index contributed by atoms with van der Waals surface area (Å²) in [5.74, 6) is 1.49. The molecule has 0 amide bonds. The first-order valence-electron chi connectivity index (χ1n) is 8.91. The van der Waals surface area contributed by atoms with Crippen LogP contribution in [0.15, 0.2) is 59.1 Å². The van der Waals surface area contributed by atoms with E-state index in [0.29, 0.717) is 18.1 Å². The Morgan fingerprint density at radius 3 is 2.64 bits per heavy atom. The lowest BCUT2D eigenvalue weighted by molar-refractivity contribution is 0.242. The zero-order valence-electron chi connectivity index (χ0n) is 15.9. The number of ether oxygens (including phenoxy) is 1. The number of likely N-dealkylation sites (N-methyl/N-ethyl adjacent to an activating group) is 1. The van der Waals surface area contributed by atoms with Crippen LogP contribution in [-0.2, 0) is 28.8 Å². The highest BCUT2D eigenvalue weighted by atomic mass is 32.2. The van der Waals surface area contributed by atoms with Gasteiger partial charge in [-0.25, -0.2) is 12.7 Å². The summed E-state index contributed by atoms with van der Waals surface area (Å²) >= 11 is 0. The highest BCUT2D eigenvalue weighted by Crippen LogP contribution is 2.14. The van der Waals surface area contributed by atoms with Crippen LogP contribution in [0.4, 0.5) is 0 Å². The maximum atomic E-state index is 12.5. The van der Waals surface area contributed by atoms with Gasteiger partial charge in [0, 0.05) is 20.0 Å². The van der Waals surface area contributed by atoms with E-state index in [1.165, 1.54) is 4.31 Å². The van der Waals surface area contributed by atoms with E-state index >= 15 is 0 Å². The van der Waals surface area contributed by atoms with E-state index < -0.39 is 10.0 Å². The van der Waals surface area contributed by atoms with Crippen LogP contribution in [0, 0.1) is 6.92 Å². The number of aromatic nitrogens is 2. The molecule has 0 bridgehead atoms. The number of hydrogen-bond donors (Lipinski definition) is 0. The lowest BCUT2D eigenvalue weighted by Crippen LogP contribution is -2.30. The monoisotopic (exact) mass is 401 g/mol. The Balaban J connectivity index is 1.50. The highest BCUT2D eigenvalue weighted by molar-refractivity contribution is 7.88. The average molecular weight is 401 g/mol. The Labute approximate surface area is 165 Å². The van der Waals surface area contributed by atoms with E-state index in [0.717, 1.165) is 16.9 Å². The quantitative estimate of drug-likeness (QED) is 0.548. The molecule has 8 heteroatoms. The summed E-state index contributed by atoms with van der Waals surface area (Å²) in [7, 11) is -1.85. The summed E-state index contributed by atoms with van der Waals surface area (Å²) in [6.45, 7) is 2.42. The third-order valence-corrected chi connectivity index (χ3v) is 6.01. The number of nitrogens with zero attached hydrogens (tertiary/aromatic N) is 3. The second-order valence-corrected chi connectivity index (χ2v) is 8.60. The molecular weight excluding hydrogens is 378 g/mol. The molecule has 0 atom stereocenters. The standard InChI is InChI=1S/C20H23N3O4S/c1-16-7-6-10-18(13-16)26-14-20-21-19(22-27-20)11-12-23(2)28(24,25)15-17-8-4-3-5-9-17/h3-10,13H,11-12,14-15H2,1-2H3. The summed E-state index contributed by atoms with van der Waals surface area (Å²) in [6.07, 6.45) is 0.360. The zero-order valence-corrected chi connectivity index (χ0v) is 16.7. The molecule has 0 aliphatic heterocycles. The minimum absolute atomic E-state index is 0.0355. The predicted molar refractivity (Wildman–Crippen MR) is 105 cm³/mol. The summed E-state index contributed by atoms with van der Waals surface area (Å²) in [4.78, 5) is 4.26. The Morgan fingerprint density at radius 2 is 1.89 bits per heavy atom. The fourth-order valence-corrected chi connectivity index (χ4v) is 3.80. The first-order valence-corrected chi connectivity index (χ1v) is 10.5. The van der Waals surface area contributed by atoms with Gasteiger partial charge in [-0.3, -0.25) is 0 Å². The maximum Gasteiger partial charge on any atom is 0.264 e. The van der Waals surface area contributed by atoms with Crippen LogP contribution in [0.1, 0.15) is 22.8 Å². The molecule has 28 heavy (non-hydrogen) atoms. The van der Waals surface area contributed by atoms with Crippen LogP contribution >= 0.6 is 0 Å². The van der Waals surface area contributed by atoms with Crippen molar-refractivity contribution in [3.63, 3.8) is 0 Å². The second kappa shape index (κ2) is 8.99. The Morgan fingerprint density at radius 1 is 1.11 bits per heavy atom. The minimum atomic E-state index is -3.40. The number of sulfonamides is 1. The summed E-state index contributed by atoms with van der Waals surface area (Å²) in [6, 6.07) is 16.8. The maximum absolute atomic E-state index is 12.5. The van der Waals surface area contributed by atoms with Crippen molar-refractivity contribution in [2.75, 3.05) is 13.6 Å². The third kappa shape index (κ3) is 5.64. The van der Waals surface area contributed by atoms with Gasteiger partial charge in [-0.05, 0) is 30.2 Å². The summed E-state index contributed by atoms with van der Waals surface area (Å²) in [5, 5.41) is 3.90. The van der Waals surface area contributed by atoms with Crippen LogP contribution in [0.3, 0.4) is 0 Å². The molecule has 148 valence electrons. The van der Waals surface area contributed by atoms with Gasteiger partial charge in [0.2, 0.25) is 10.0 Å². The summed E-state index contributed by atoms with van der Waals surface area (Å²) < 4.78 is 37.0. The first kappa shape index (κ1) is 20.0. The van der Waals surface area contributed by atoms with Crippen molar-refractivity contribution >= 4 is 10.0 Å². The molecule has 0 aliphatic rings. The van der Waals surface area contributed by atoms with E-state index in [-0.39, 0.29) is 18.9 Å². The molecular formula is C20H23N3O4S.